The quantitative estimate of drug-likeness (QED) is 0.710. The number of amidine groups is 1. The van der Waals surface area contributed by atoms with Crippen LogP contribution in [0.25, 0.3) is 10.8 Å². The molecule has 0 aromatic heterocycles. The predicted octanol–water partition coefficient (Wildman–Crippen LogP) is 3.56. The van der Waals surface area contributed by atoms with Crippen molar-refractivity contribution in [1.82, 2.24) is 4.72 Å². The zero-order chi connectivity index (χ0) is 19.6. The lowest BCUT2D eigenvalue weighted by Crippen LogP contribution is -2.29. The van der Waals surface area contributed by atoms with Gasteiger partial charge >= 0.3 is 0 Å². The zero-order valence-electron chi connectivity index (χ0n) is 15.1. The van der Waals surface area contributed by atoms with E-state index in [1.807, 2.05) is 36.4 Å². The number of amides is 1. The average Bonchev–Trinajstić information content (AvgIpc) is 3.20. The van der Waals surface area contributed by atoms with Crippen molar-refractivity contribution in [3.63, 3.8) is 0 Å². The highest BCUT2D eigenvalue weighted by Crippen LogP contribution is 2.19. The second kappa shape index (κ2) is 7.44. The highest BCUT2D eigenvalue weighted by atomic mass is 32.2. The number of carbonyl (C=O) groups is 1. The molecule has 0 saturated heterocycles. The summed E-state index contributed by atoms with van der Waals surface area (Å²) >= 11 is 0. The summed E-state index contributed by atoms with van der Waals surface area (Å²) in [7, 11) is -3.73. The predicted molar refractivity (Wildman–Crippen MR) is 110 cm³/mol. The molecule has 0 saturated carbocycles. The summed E-state index contributed by atoms with van der Waals surface area (Å²) in [5.41, 5.74) is 0.916. The van der Waals surface area contributed by atoms with Crippen molar-refractivity contribution in [3.05, 3.63) is 72.3 Å². The fourth-order valence-corrected chi connectivity index (χ4v) is 4.25. The number of carbonyl (C=O) groups excluding carboxylic acids is 1. The van der Waals surface area contributed by atoms with Crippen LogP contribution in [0.3, 0.4) is 0 Å². The van der Waals surface area contributed by atoms with Gasteiger partial charge in [0, 0.05) is 24.2 Å². The first kappa shape index (κ1) is 18.2. The monoisotopic (exact) mass is 393 g/mol. The molecule has 1 amide bonds. The maximum absolute atomic E-state index is 12.6. The van der Waals surface area contributed by atoms with Gasteiger partial charge in [0.2, 0.25) is 0 Å². The third-order valence-corrected chi connectivity index (χ3v) is 5.92. The van der Waals surface area contributed by atoms with E-state index in [1.54, 1.807) is 18.2 Å². The summed E-state index contributed by atoms with van der Waals surface area (Å²) < 4.78 is 27.6. The topological polar surface area (TPSA) is 87.6 Å². The van der Waals surface area contributed by atoms with E-state index in [9.17, 15) is 13.2 Å². The Bertz CT molecular complexity index is 1190. The molecule has 142 valence electrons. The summed E-state index contributed by atoms with van der Waals surface area (Å²) in [6, 6.07) is 19.4. The van der Waals surface area contributed by atoms with Gasteiger partial charge in [0.05, 0.1) is 4.90 Å². The van der Waals surface area contributed by atoms with E-state index in [0.717, 1.165) is 17.2 Å². The summed E-state index contributed by atoms with van der Waals surface area (Å²) in [6.45, 7) is 0.639. The van der Waals surface area contributed by atoms with Crippen LogP contribution in [-0.4, -0.2) is 26.7 Å². The molecule has 6 nitrogen and oxygen atoms in total. The van der Waals surface area contributed by atoms with Crippen LogP contribution in [0.5, 0.6) is 0 Å². The first-order valence-electron chi connectivity index (χ1n) is 8.98. The van der Waals surface area contributed by atoms with Crippen molar-refractivity contribution in [2.24, 2.45) is 4.99 Å². The van der Waals surface area contributed by atoms with Gasteiger partial charge in [-0.05, 0) is 47.5 Å². The van der Waals surface area contributed by atoms with Gasteiger partial charge in [0.25, 0.3) is 15.9 Å². The van der Waals surface area contributed by atoms with Gasteiger partial charge in [-0.25, -0.2) is 8.42 Å². The van der Waals surface area contributed by atoms with Crippen LogP contribution in [0.15, 0.2) is 76.6 Å². The first-order chi connectivity index (χ1) is 13.5. The smallest absolute Gasteiger partial charge is 0.262 e. The normalized spacial score (nSPS) is 13.9. The number of nitrogens with one attached hydrogen (secondary N) is 2. The SMILES string of the molecule is O=C(Nc1cccc(S(=O)(=O)NC2=NCCC2)c1)c1ccc2ccccc2c1. The standard InChI is InChI=1S/C21H19N3O3S/c25-21(17-11-10-15-5-1-2-6-16(15)13-17)23-18-7-3-8-19(14-18)28(26,27)24-20-9-4-12-22-20/h1-3,5-8,10-11,13-14H,4,9,12H2,(H,22,24)(H,23,25). The lowest BCUT2D eigenvalue weighted by atomic mass is 10.1. The number of sulfonamides is 1. The fraction of sp³-hybridized carbons (Fsp3) is 0.143. The van der Waals surface area contributed by atoms with E-state index in [-0.39, 0.29) is 10.8 Å². The van der Waals surface area contributed by atoms with E-state index < -0.39 is 10.0 Å². The lowest BCUT2D eigenvalue weighted by Gasteiger charge is -2.10. The Kier molecular flexibility index (Phi) is 4.83. The van der Waals surface area contributed by atoms with E-state index in [0.29, 0.717) is 30.1 Å². The molecule has 3 aromatic carbocycles. The maximum atomic E-state index is 12.6. The number of anilines is 1. The second-order valence-corrected chi connectivity index (χ2v) is 8.26. The Labute approximate surface area is 163 Å². The number of rotatable bonds is 4. The molecule has 7 heteroatoms. The van der Waals surface area contributed by atoms with Gasteiger partial charge in [0.15, 0.2) is 0 Å². The number of nitrogens with zero attached hydrogens (tertiary/aromatic N) is 1. The van der Waals surface area contributed by atoms with Crippen LogP contribution in [0, 0.1) is 0 Å². The molecule has 1 heterocycles. The fourth-order valence-electron chi connectivity index (χ4n) is 3.11. The summed E-state index contributed by atoms with van der Waals surface area (Å²) in [5.74, 6) is 0.180. The minimum atomic E-state index is -3.73. The van der Waals surface area contributed by atoms with E-state index in [4.69, 9.17) is 0 Å². The number of fused-ring (bicyclic) bond motifs is 1. The highest BCUT2D eigenvalue weighted by Gasteiger charge is 2.19. The molecular formula is C21H19N3O3S. The van der Waals surface area contributed by atoms with Gasteiger partial charge in [0.1, 0.15) is 5.84 Å². The Morgan fingerprint density at radius 1 is 0.929 bits per heavy atom. The van der Waals surface area contributed by atoms with Gasteiger partial charge in [-0.2, -0.15) is 0 Å². The van der Waals surface area contributed by atoms with Crippen LogP contribution in [0.2, 0.25) is 0 Å². The second-order valence-electron chi connectivity index (χ2n) is 6.58. The van der Waals surface area contributed by atoms with Gasteiger partial charge in [-0.1, -0.05) is 36.4 Å². The molecule has 4 rings (SSSR count). The molecule has 0 atom stereocenters. The van der Waals surface area contributed by atoms with Crippen molar-refractivity contribution < 1.29 is 13.2 Å². The molecule has 0 bridgehead atoms. The van der Waals surface area contributed by atoms with Crippen molar-refractivity contribution in [2.45, 2.75) is 17.7 Å². The number of aliphatic imine (C=N–C) groups is 1. The Hall–Kier alpha value is -3.19. The van der Waals surface area contributed by atoms with Crippen molar-refractivity contribution >= 4 is 38.2 Å². The molecule has 1 aliphatic heterocycles. The number of hydrogen-bond donors (Lipinski definition) is 2. The third kappa shape index (κ3) is 3.89. The summed E-state index contributed by atoms with van der Waals surface area (Å²) in [6.07, 6.45) is 1.47. The average molecular weight is 393 g/mol. The van der Waals surface area contributed by atoms with Crippen molar-refractivity contribution in [2.75, 3.05) is 11.9 Å². The molecule has 28 heavy (non-hydrogen) atoms. The van der Waals surface area contributed by atoms with E-state index in [2.05, 4.69) is 15.0 Å². The molecule has 0 unspecified atom stereocenters. The largest absolute Gasteiger partial charge is 0.322 e. The van der Waals surface area contributed by atoms with E-state index in [1.165, 1.54) is 12.1 Å². The molecule has 0 aliphatic carbocycles. The van der Waals surface area contributed by atoms with Gasteiger partial charge in [-0.3, -0.25) is 14.5 Å². The Morgan fingerprint density at radius 2 is 1.75 bits per heavy atom. The highest BCUT2D eigenvalue weighted by molar-refractivity contribution is 7.90. The zero-order valence-corrected chi connectivity index (χ0v) is 15.9. The van der Waals surface area contributed by atoms with Crippen molar-refractivity contribution in [3.8, 4) is 0 Å². The van der Waals surface area contributed by atoms with Crippen LogP contribution in [0.1, 0.15) is 23.2 Å². The molecule has 1 aliphatic rings. The van der Waals surface area contributed by atoms with Gasteiger partial charge < -0.3 is 5.32 Å². The van der Waals surface area contributed by atoms with Crippen molar-refractivity contribution in [1.29, 1.82) is 0 Å². The number of benzene rings is 3. The minimum absolute atomic E-state index is 0.0819. The van der Waals surface area contributed by atoms with Crippen LogP contribution in [0.4, 0.5) is 5.69 Å². The molecule has 0 fully saturated rings. The summed E-state index contributed by atoms with van der Waals surface area (Å²) in [5, 5.41) is 4.78. The number of hydrogen-bond acceptors (Lipinski definition) is 4. The summed E-state index contributed by atoms with van der Waals surface area (Å²) in [4.78, 5) is 16.8. The lowest BCUT2D eigenvalue weighted by molar-refractivity contribution is 0.102. The molecule has 0 spiro atoms. The minimum Gasteiger partial charge on any atom is -0.322 e. The van der Waals surface area contributed by atoms with Crippen LogP contribution in [-0.2, 0) is 10.0 Å². The molecular weight excluding hydrogens is 374 g/mol. The van der Waals surface area contributed by atoms with Gasteiger partial charge in [-0.15, -0.1) is 0 Å². The van der Waals surface area contributed by atoms with Crippen LogP contribution >= 0.6 is 0 Å². The van der Waals surface area contributed by atoms with E-state index >= 15 is 0 Å². The molecule has 2 N–H and O–H groups in total. The maximum Gasteiger partial charge on any atom is 0.262 e. The van der Waals surface area contributed by atoms with Crippen LogP contribution < -0.4 is 10.0 Å². The molecule has 3 aromatic rings. The Morgan fingerprint density at radius 3 is 2.54 bits per heavy atom. The third-order valence-electron chi connectivity index (χ3n) is 4.54. The molecule has 0 radical (unpaired) electrons. The Balaban J connectivity index is 1.54. The first-order valence-corrected chi connectivity index (χ1v) is 10.5.